The number of hydrogen-bond acceptors (Lipinski definition) is 7. The first-order valence-corrected chi connectivity index (χ1v) is 5.75. The van der Waals surface area contributed by atoms with Crippen LogP contribution in [-0.2, 0) is 4.74 Å². The summed E-state index contributed by atoms with van der Waals surface area (Å²) >= 11 is 1.15. The standard InChI is InChI=1S/C10H11N3O3S/c1-3-16-10(14)8-6(11)7-9(17-8)13-5(15-2)4-12-7/h4H,3,11H2,1-2H3. The third-order valence-corrected chi connectivity index (χ3v) is 3.16. The molecule has 2 rings (SSSR count). The molecule has 6 nitrogen and oxygen atoms in total. The first-order valence-electron chi connectivity index (χ1n) is 4.93. The molecule has 0 saturated carbocycles. The molecule has 7 heteroatoms. The van der Waals surface area contributed by atoms with Gasteiger partial charge < -0.3 is 15.2 Å². The van der Waals surface area contributed by atoms with Crippen molar-refractivity contribution in [3.05, 3.63) is 11.1 Å². The van der Waals surface area contributed by atoms with Crippen LogP contribution in [-0.4, -0.2) is 29.7 Å². The number of nitrogens with two attached hydrogens (primary N) is 1. The van der Waals surface area contributed by atoms with Gasteiger partial charge in [0.05, 0.1) is 25.6 Å². The monoisotopic (exact) mass is 253 g/mol. The van der Waals surface area contributed by atoms with Crippen molar-refractivity contribution in [2.24, 2.45) is 0 Å². The summed E-state index contributed by atoms with van der Waals surface area (Å²) in [7, 11) is 1.50. The van der Waals surface area contributed by atoms with Gasteiger partial charge in [0.1, 0.15) is 15.2 Å². The summed E-state index contributed by atoms with van der Waals surface area (Å²) < 4.78 is 9.86. The SMILES string of the molecule is CCOC(=O)c1sc2nc(OC)cnc2c1N. The lowest BCUT2D eigenvalue weighted by atomic mass is 10.3. The average Bonchev–Trinajstić information content (AvgIpc) is 2.66. The van der Waals surface area contributed by atoms with Gasteiger partial charge in [-0.05, 0) is 6.92 Å². The second-order valence-corrected chi connectivity index (χ2v) is 4.13. The largest absolute Gasteiger partial charge is 0.480 e. The number of carbonyl (C=O) groups is 1. The zero-order valence-corrected chi connectivity index (χ0v) is 10.2. The van der Waals surface area contributed by atoms with E-state index in [2.05, 4.69) is 9.97 Å². The van der Waals surface area contributed by atoms with Gasteiger partial charge in [0.25, 0.3) is 0 Å². The van der Waals surface area contributed by atoms with Gasteiger partial charge >= 0.3 is 5.97 Å². The zero-order chi connectivity index (χ0) is 12.4. The van der Waals surface area contributed by atoms with Gasteiger partial charge in [-0.3, -0.25) is 0 Å². The maximum absolute atomic E-state index is 11.6. The Labute approximate surface area is 101 Å². The molecule has 0 amide bonds. The number of carbonyl (C=O) groups excluding carboxylic acids is 1. The lowest BCUT2D eigenvalue weighted by molar-refractivity contribution is 0.0533. The van der Waals surface area contributed by atoms with Crippen molar-refractivity contribution in [1.82, 2.24) is 9.97 Å². The van der Waals surface area contributed by atoms with E-state index in [0.717, 1.165) is 11.3 Å². The zero-order valence-electron chi connectivity index (χ0n) is 9.39. The van der Waals surface area contributed by atoms with Crippen LogP contribution in [0, 0.1) is 0 Å². The second kappa shape index (κ2) is 4.54. The first kappa shape index (κ1) is 11.6. The maximum atomic E-state index is 11.6. The Kier molecular flexibility index (Phi) is 3.10. The van der Waals surface area contributed by atoms with Crippen LogP contribution in [0.4, 0.5) is 5.69 Å². The topological polar surface area (TPSA) is 87.3 Å². The number of esters is 1. The van der Waals surface area contributed by atoms with Crippen LogP contribution < -0.4 is 10.5 Å². The second-order valence-electron chi connectivity index (χ2n) is 3.13. The molecular weight excluding hydrogens is 242 g/mol. The molecule has 0 unspecified atom stereocenters. The van der Waals surface area contributed by atoms with E-state index in [1.54, 1.807) is 6.92 Å². The fourth-order valence-corrected chi connectivity index (χ4v) is 2.26. The van der Waals surface area contributed by atoms with Crippen LogP contribution in [0.5, 0.6) is 5.88 Å². The molecule has 2 aromatic heterocycles. The van der Waals surface area contributed by atoms with Gasteiger partial charge in [0, 0.05) is 0 Å². The Hall–Kier alpha value is -1.89. The van der Waals surface area contributed by atoms with Gasteiger partial charge in [-0.15, -0.1) is 11.3 Å². The predicted molar refractivity (Wildman–Crippen MR) is 64.3 cm³/mol. The third-order valence-electron chi connectivity index (χ3n) is 2.09. The third kappa shape index (κ3) is 2.01. The fourth-order valence-electron chi connectivity index (χ4n) is 1.32. The number of nitrogens with zero attached hydrogens (tertiary/aromatic N) is 2. The quantitative estimate of drug-likeness (QED) is 0.833. The van der Waals surface area contributed by atoms with Crippen molar-refractivity contribution in [1.29, 1.82) is 0 Å². The van der Waals surface area contributed by atoms with Gasteiger partial charge in [0.15, 0.2) is 0 Å². The number of thiophene rings is 1. The van der Waals surface area contributed by atoms with Crippen molar-refractivity contribution in [3.8, 4) is 5.88 Å². The van der Waals surface area contributed by atoms with Crippen LogP contribution in [0.1, 0.15) is 16.6 Å². The summed E-state index contributed by atoms with van der Waals surface area (Å²) in [5.41, 5.74) is 6.63. The molecule has 0 bridgehead atoms. The number of nitrogen functional groups attached to an aromatic ring is 1. The molecule has 2 N–H and O–H groups in total. The Balaban J connectivity index is 2.52. The highest BCUT2D eigenvalue weighted by Crippen LogP contribution is 2.32. The van der Waals surface area contributed by atoms with E-state index < -0.39 is 5.97 Å². The van der Waals surface area contributed by atoms with E-state index in [4.69, 9.17) is 15.2 Å². The Bertz CT molecular complexity index is 567. The summed E-state index contributed by atoms with van der Waals surface area (Å²) in [4.78, 5) is 20.8. The van der Waals surface area contributed by atoms with Gasteiger partial charge in [-0.2, -0.15) is 4.98 Å². The van der Waals surface area contributed by atoms with Crippen LogP contribution >= 0.6 is 11.3 Å². The number of rotatable bonds is 3. The summed E-state index contributed by atoms with van der Waals surface area (Å²) in [5.74, 6) is -0.0667. The first-order chi connectivity index (χ1) is 8.17. The minimum atomic E-state index is -0.450. The van der Waals surface area contributed by atoms with Crippen molar-refractivity contribution in [3.63, 3.8) is 0 Å². The van der Waals surface area contributed by atoms with E-state index in [1.165, 1.54) is 13.3 Å². The normalized spacial score (nSPS) is 10.5. The average molecular weight is 253 g/mol. The molecule has 2 heterocycles. The van der Waals surface area contributed by atoms with Crippen molar-refractivity contribution < 1.29 is 14.3 Å². The minimum absolute atomic E-state index is 0.302. The molecule has 0 atom stereocenters. The minimum Gasteiger partial charge on any atom is -0.480 e. The molecule has 0 aliphatic heterocycles. The summed E-state index contributed by atoms with van der Waals surface area (Å²) in [6.45, 7) is 2.04. The lowest BCUT2D eigenvalue weighted by Crippen LogP contribution is -2.04. The van der Waals surface area contributed by atoms with Crippen LogP contribution in [0.25, 0.3) is 10.3 Å². The number of ether oxygens (including phenoxy) is 2. The van der Waals surface area contributed by atoms with Crippen LogP contribution in [0.2, 0.25) is 0 Å². The Morgan fingerprint density at radius 3 is 3.00 bits per heavy atom. The molecule has 0 radical (unpaired) electrons. The number of fused-ring (bicyclic) bond motifs is 1. The highest BCUT2D eigenvalue weighted by Gasteiger charge is 2.19. The molecule has 2 aromatic rings. The van der Waals surface area contributed by atoms with Gasteiger partial charge in [0.2, 0.25) is 5.88 Å². The highest BCUT2D eigenvalue weighted by molar-refractivity contribution is 7.21. The molecule has 0 aliphatic carbocycles. The number of methoxy groups -OCH3 is 1. The van der Waals surface area contributed by atoms with Crippen LogP contribution in [0.15, 0.2) is 6.20 Å². The highest BCUT2D eigenvalue weighted by atomic mass is 32.1. The van der Waals surface area contributed by atoms with Crippen molar-refractivity contribution >= 4 is 33.3 Å². The van der Waals surface area contributed by atoms with Gasteiger partial charge in [-0.25, -0.2) is 9.78 Å². The molecule has 0 aromatic carbocycles. The Morgan fingerprint density at radius 2 is 2.35 bits per heavy atom. The summed E-state index contributed by atoms with van der Waals surface area (Å²) in [6, 6.07) is 0. The van der Waals surface area contributed by atoms with E-state index in [-0.39, 0.29) is 0 Å². The molecule has 0 fully saturated rings. The molecular formula is C10H11N3O3S. The fraction of sp³-hybridized carbons (Fsp3) is 0.300. The van der Waals surface area contributed by atoms with Gasteiger partial charge in [-0.1, -0.05) is 0 Å². The van der Waals surface area contributed by atoms with Crippen molar-refractivity contribution in [2.45, 2.75) is 6.92 Å². The lowest BCUT2D eigenvalue weighted by Gasteiger charge is -1.98. The molecule has 90 valence electrons. The number of hydrogen-bond donors (Lipinski definition) is 1. The molecule has 0 spiro atoms. The summed E-state index contributed by atoms with van der Waals surface area (Å²) in [6.07, 6.45) is 1.46. The Morgan fingerprint density at radius 1 is 1.59 bits per heavy atom. The van der Waals surface area contributed by atoms with E-state index >= 15 is 0 Å². The molecule has 0 saturated heterocycles. The smallest absolute Gasteiger partial charge is 0.350 e. The van der Waals surface area contributed by atoms with E-state index in [9.17, 15) is 4.79 Å². The van der Waals surface area contributed by atoms with E-state index in [0.29, 0.717) is 33.4 Å². The predicted octanol–water partition coefficient (Wildman–Crippen LogP) is 1.46. The molecule has 17 heavy (non-hydrogen) atoms. The van der Waals surface area contributed by atoms with Crippen LogP contribution in [0.3, 0.4) is 0 Å². The number of anilines is 1. The van der Waals surface area contributed by atoms with E-state index in [1.807, 2.05) is 0 Å². The summed E-state index contributed by atoms with van der Waals surface area (Å²) in [5, 5.41) is 0. The number of aromatic nitrogens is 2. The van der Waals surface area contributed by atoms with Crippen molar-refractivity contribution in [2.75, 3.05) is 19.5 Å². The maximum Gasteiger partial charge on any atom is 0.350 e. The molecule has 0 aliphatic rings.